The van der Waals surface area contributed by atoms with Gasteiger partial charge in [-0.1, -0.05) is 24.3 Å². The van der Waals surface area contributed by atoms with Gasteiger partial charge in [0.15, 0.2) is 11.6 Å². The van der Waals surface area contributed by atoms with Crippen molar-refractivity contribution >= 4 is 5.69 Å². The van der Waals surface area contributed by atoms with Crippen LogP contribution in [0.2, 0.25) is 0 Å². The van der Waals surface area contributed by atoms with Gasteiger partial charge in [0.1, 0.15) is 0 Å². The van der Waals surface area contributed by atoms with Crippen LogP contribution in [-0.2, 0) is 6.54 Å². The molecule has 21 heavy (non-hydrogen) atoms. The third kappa shape index (κ3) is 3.61. The molecule has 110 valence electrons. The van der Waals surface area contributed by atoms with Crippen LogP contribution in [0.5, 0.6) is 0 Å². The van der Waals surface area contributed by atoms with Gasteiger partial charge in [-0.2, -0.15) is 0 Å². The van der Waals surface area contributed by atoms with Crippen LogP contribution >= 0.6 is 0 Å². The highest BCUT2D eigenvalue weighted by Crippen LogP contribution is 2.20. The van der Waals surface area contributed by atoms with Gasteiger partial charge >= 0.3 is 0 Å². The van der Waals surface area contributed by atoms with Crippen LogP contribution in [0.3, 0.4) is 0 Å². The molecule has 0 bridgehead atoms. The fourth-order valence-electron chi connectivity index (χ4n) is 1.97. The molecule has 0 aliphatic heterocycles. The van der Waals surface area contributed by atoms with Crippen LogP contribution < -0.4 is 5.32 Å². The van der Waals surface area contributed by atoms with Crippen LogP contribution in [0.1, 0.15) is 24.1 Å². The second kappa shape index (κ2) is 6.41. The van der Waals surface area contributed by atoms with Gasteiger partial charge in [0.2, 0.25) is 0 Å². The van der Waals surface area contributed by atoms with Crippen molar-refractivity contribution in [1.29, 1.82) is 0 Å². The molecule has 6 heteroatoms. The van der Waals surface area contributed by atoms with E-state index in [4.69, 9.17) is 0 Å². The number of rotatable bonds is 5. The molecule has 2 aromatic carbocycles. The number of non-ortho nitro benzene ring substituents is 1. The summed E-state index contributed by atoms with van der Waals surface area (Å²) in [6, 6.07) is 9.96. The predicted octanol–water partition coefficient (Wildman–Crippen LogP) is 3.72. The van der Waals surface area contributed by atoms with E-state index in [0.717, 1.165) is 6.07 Å². The van der Waals surface area contributed by atoms with Crippen LogP contribution in [-0.4, -0.2) is 4.92 Å². The van der Waals surface area contributed by atoms with Crippen molar-refractivity contribution < 1.29 is 13.7 Å². The highest BCUT2D eigenvalue weighted by Gasteiger charge is 2.12. The number of hydrogen-bond acceptors (Lipinski definition) is 3. The molecule has 0 fully saturated rings. The molecule has 0 amide bonds. The van der Waals surface area contributed by atoms with E-state index in [9.17, 15) is 18.9 Å². The van der Waals surface area contributed by atoms with E-state index in [-0.39, 0.29) is 23.8 Å². The van der Waals surface area contributed by atoms with Crippen LogP contribution in [0, 0.1) is 21.7 Å². The molecule has 1 atom stereocenters. The number of nitro benzene ring substituents is 1. The number of hydrogen-bond donors (Lipinski definition) is 1. The lowest BCUT2D eigenvalue weighted by molar-refractivity contribution is -0.384. The minimum atomic E-state index is -0.891. The number of nitro groups is 1. The van der Waals surface area contributed by atoms with Gasteiger partial charge < -0.3 is 5.32 Å². The minimum absolute atomic E-state index is 0.00177. The van der Waals surface area contributed by atoms with Gasteiger partial charge in [-0.05, 0) is 18.6 Å². The fraction of sp³-hybridized carbons (Fsp3) is 0.200. The summed E-state index contributed by atoms with van der Waals surface area (Å²) in [5.41, 5.74) is 0.923. The third-order valence-corrected chi connectivity index (χ3v) is 3.21. The monoisotopic (exact) mass is 292 g/mol. The topological polar surface area (TPSA) is 55.2 Å². The predicted molar refractivity (Wildman–Crippen MR) is 74.7 cm³/mol. The molecule has 0 aromatic heterocycles. The van der Waals surface area contributed by atoms with Crippen molar-refractivity contribution in [1.82, 2.24) is 5.32 Å². The summed E-state index contributed by atoms with van der Waals surface area (Å²) < 4.78 is 26.6. The molecule has 0 heterocycles. The van der Waals surface area contributed by atoms with E-state index in [2.05, 4.69) is 5.32 Å². The van der Waals surface area contributed by atoms with Crippen molar-refractivity contribution in [2.45, 2.75) is 19.5 Å². The van der Waals surface area contributed by atoms with Crippen molar-refractivity contribution in [2.24, 2.45) is 0 Å². The highest BCUT2D eigenvalue weighted by atomic mass is 19.2. The molecule has 0 aliphatic rings. The summed E-state index contributed by atoms with van der Waals surface area (Å²) in [5, 5.41) is 13.8. The first-order valence-corrected chi connectivity index (χ1v) is 6.39. The van der Waals surface area contributed by atoms with Gasteiger partial charge in [0, 0.05) is 30.3 Å². The Morgan fingerprint density at radius 3 is 2.67 bits per heavy atom. The van der Waals surface area contributed by atoms with Crippen LogP contribution in [0.15, 0.2) is 42.5 Å². The quantitative estimate of drug-likeness (QED) is 0.675. The lowest BCUT2D eigenvalue weighted by Crippen LogP contribution is -2.19. The smallest absolute Gasteiger partial charge is 0.269 e. The molecule has 0 spiro atoms. The van der Waals surface area contributed by atoms with Gasteiger partial charge in [-0.3, -0.25) is 10.1 Å². The Labute approximate surface area is 120 Å². The maximum absolute atomic E-state index is 13.5. The first-order chi connectivity index (χ1) is 9.99. The van der Waals surface area contributed by atoms with Gasteiger partial charge in [0.25, 0.3) is 5.69 Å². The SMILES string of the molecule is CC(NCc1cccc(F)c1F)c1cccc([N+](=O)[O-])c1. The second-order valence-electron chi connectivity index (χ2n) is 4.67. The molecule has 4 nitrogen and oxygen atoms in total. The summed E-state index contributed by atoms with van der Waals surface area (Å²) in [5.74, 6) is -1.77. The van der Waals surface area contributed by atoms with Crippen molar-refractivity contribution in [3.05, 3.63) is 75.3 Å². The highest BCUT2D eigenvalue weighted by molar-refractivity contribution is 5.35. The molecular weight excluding hydrogens is 278 g/mol. The van der Waals surface area contributed by atoms with E-state index in [1.807, 2.05) is 0 Å². The molecule has 1 unspecified atom stereocenters. The van der Waals surface area contributed by atoms with Gasteiger partial charge in [-0.25, -0.2) is 8.78 Å². The van der Waals surface area contributed by atoms with E-state index < -0.39 is 16.6 Å². The third-order valence-electron chi connectivity index (χ3n) is 3.21. The minimum Gasteiger partial charge on any atom is -0.306 e. The summed E-state index contributed by atoms with van der Waals surface area (Å²) in [4.78, 5) is 10.3. The molecule has 0 saturated heterocycles. The summed E-state index contributed by atoms with van der Waals surface area (Å²) in [7, 11) is 0. The zero-order valence-electron chi connectivity index (χ0n) is 11.3. The molecule has 2 rings (SSSR count). The standard InChI is InChI=1S/C15H14F2N2O2/c1-10(11-4-2-6-13(8-11)19(20)21)18-9-12-5-3-7-14(16)15(12)17/h2-8,10,18H,9H2,1H3. The maximum Gasteiger partial charge on any atom is 0.269 e. The zero-order valence-corrected chi connectivity index (χ0v) is 11.3. The number of nitrogens with zero attached hydrogens (tertiary/aromatic N) is 1. The Bertz CT molecular complexity index is 662. The molecule has 0 saturated carbocycles. The average Bonchev–Trinajstić information content (AvgIpc) is 2.48. The Morgan fingerprint density at radius 2 is 1.95 bits per heavy atom. The molecular formula is C15H14F2N2O2. The first kappa shape index (κ1) is 15.1. The summed E-state index contributed by atoms with van der Waals surface area (Å²) >= 11 is 0. The lowest BCUT2D eigenvalue weighted by Gasteiger charge is -2.14. The normalized spacial score (nSPS) is 12.1. The van der Waals surface area contributed by atoms with E-state index in [1.165, 1.54) is 24.3 Å². The number of nitrogens with one attached hydrogen (secondary N) is 1. The Morgan fingerprint density at radius 1 is 1.24 bits per heavy atom. The second-order valence-corrected chi connectivity index (χ2v) is 4.67. The van der Waals surface area contributed by atoms with Crippen LogP contribution in [0.4, 0.5) is 14.5 Å². The van der Waals surface area contributed by atoms with E-state index in [0.29, 0.717) is 5.56 Å². The molecule has 0 radical (unpaired) electrons. The van der Waals surface area contributed by atoms with Gasteiger partial charge in [-0.15, -0.1) is 0 Å². The Hall–Kier alpha value is -2.34. The maximum atomic E-state index is 13.5. The number of benzene rings is 2. The molecule has 0 aliphatic carbocycles. The summed E-state index contributed by atoms with van der Waals surface area (Å²) in [6.45, 7) is 1.93. The van der Waals surface area contributed by atoms with Crippen molar-refractivity contribution in [3.63, 3.8) is 0 Å². The fourth-order valence-corrected chi connectivity index (χ4v) is 1.97. The summed E-state index contributed by atoms with van der Waals surface area (Å²) in [6.07, 6.45) is 0. The van der Waals surface area contributed by atoms with Crippen LogP contribution in [0.25, 0.3) is 0 Å². The number of halogens is 2. The zero-order chi connectivity index (χ0) is 15.4. The average molecular weight is 292 g/mol. The van der Waals surface area contributed by atoms with Crippen molar-refractivity contribution in [2.75, 3.05) is 0 Å². The molecule has 1 N–H and O–H groups in total. The Kier molecular flexibility index (Phi) is 4.59. The first-order valence-electron chi connectivity index (χ1n) is 6.39. The van der Waals surface area contributed by atoms with Gasteiger partial charge in [0.05, 0.1) is 4.92 Å². The van der Waals surface area contributed by atoms with E-state index >= 15 is 0 Å². The van der Waals surface area contributed by atoms with E-state index in [1.54, 1.807) is 19.1 Å². The van der Waals surface area contributed by atoms with Crippen molar-refractivity contribution in [3.8, 4) is 0 Å². The molecule has 2 aromatic rings. The lowest BCUT2D eigenvalue weighted by atomic mass is 10.1. The largest absolute Gasteiger partial charge is 0.306 e. The Balaban J connectivity index is 2.08.